The topological polar surface area (TPSA) is 124 Å². The molecule has 3 aromatic carbocycles. The summed E-state index contributed by atoms with van der Waals surface area (Å²) in [6.07, 6.45) is -0.164. The van der Waals surface area contributed by atoms with E-state index in [1.54, 1.807) is 49.4 Å². The van der Waals surface area contributed by atoms with Crippen LogP contribution in [0.4, 0.5) is 0 Å². The molecule has 4 aromatic rings. The van der Waals surface area contributed by atoms with Crippen molar-refractivity contribution in [2.24, 2.45) is 0 Å². The van der Waals surface area contributed by atoms with Crippen LogP contribution in [-0.4, -0.2) is 44.4 Å². The highest BCUT2D eigenvalue weighted by atomic mass is 79.9. The molecule has 0 aliphatic rings. The second-order valence-electron chi connectivity index (χ2n) is 8.53. The summed E-state index contributed by atoms with van der Waals surface area (Å²) >= 11 is 9.19. The lowest BCUT2D eigenvalue weighted by molar-refractivity contribution is -0.124. The molecule has 4 rings (SSSR count). The Hall–Kier alpha value is -3.67. The van der Waals surface area contributed by atoms with E-state index in [1.165, 1.54) is 35.9 Å². The molecule has 39 heavy (non-hydrogen) atoms. The van der Waals surface area contributed by atoms with Gasteiger partial charge in [-0.3, -0.25) is 19.0 Å². The lowest BCUT2D eigenvalue weighted by Crippen LogP contribution is -2.40. The van der Waals surface area contributed by atoms with Crippen LogP contribution in [0.25, 0.3) is 10.9 Å². The predicted molar refractivity (Wildman–Crippen MR) is 151 cm³/mol. The van der Waals surface area contributed by atoms with Crippen molar-refractivity contribution in [1.29, 1.82) is 0 Å². The average molecular weight is 633 g/mol. The minimum Gasteiger partial charge on any atom is -0.497 e. The number of amides is 2. The van der Waals surface area contributed by atoms with Crippen LogP contribution in [0.5, 0.6) is 5.75 Å². The summed E-state index contributed by atoms with van der Waals surface area (Å²) in [6, 6.07) is 17.4. The Kier molecular flexibility index (Phi) is 8.43. The number of hydrogen-bond donors (Lipinski definition) is 2. The normalized spacial score (nSPS) is 11.3. The number of sulfonamides is 1. The van der Waals surface area contributed by atoms with Crippen molar-refractivity contribution in [2.75, 3.05) is 13.7 Å². The number of aromatic nitrogens is 1. The first kappa shape index (κ1) is 28.3. The highest BCUT2D eigenvalue weighted by Gasteiger charge is 2.23. The molecule has 202 valence electrons. The Morgan fingerprint density at radius 2 is 1.64 bits per heavy atom. The SMILES string of the molecule is COc1ccc2c(c1)c(CC(=O)NCC(=O)NS(=O)(=O)c1ccc(Br)cc1)c(C)n2C(=O)c1ccc(Cl)cc1. The zero-order valence-corrected chi connectivity index (χ0v) is 24.0. The zero-order chi connectivity index (χ0) is 28.3. The number of carbonyl (C=O) groups excluding carboxylic acids is 3. The van der Waals surface area contributed by atoms with Crippen molar-refractivity contribution in [3.05, 3.63) is 93.0 Å². The first-order valence-electron chi connectivity index (χ1n) is 11.6. The molecule has 0 saturated carbocycles. The number of ether oxygens (including phenoxy) is 1. The van der Waals surface area contributed by atoms with E-state index >= 15 is 0 Å². The minimum atomic E-state index is -4.10. The van der Waals surface area contributed by atoms with E-state index in [0.29, 0.717) is 43.0 Å². The van der Waals surface area contributed by atoms with Crippen LogP contribution >= 0.6 is 27.5 Å². The molecule has 9 nitrogen and oxygen atoms in total. The third-order valence-electron chi connectivity index (χ3n) is 5.99. The second kappa shape index (κ2) is 11.6. The van der Waals surface area contributed by atoms with Crippen LogP contribution in [0.15, 0.2) is 76.1 Å². The lowest BCUT2D eigenvalue weighted by atomic mass is 10.1. The number of fused-ring (bicyclic) bond motifs is 1. The smallest absolute Gasteiger partial charge is 0.264 e. The van der Waals surface area contributed by atoms with Gasteiger partial charge in [0.05, 0.1) is 30.5 Å². The molecule has 2 N–H and O–H groups in total. The van der Waals surface area contributed by atoms with E-state index in [1.807, 2.05) is 4.72 Å². The van der Waals surface area contributed by atoms with Gasteiger partial charge >= 0.3 is 0 Å². The van der Waals surface area contributed by atoms with E-state index in [0.717, 1.165) is 0 Å². The highest BCUT2D eigenvalue weighted by Crippen LogP contribution is 2.31. The number of hydrogen-bond acceptors (Lipinski definition) is 6. The number of carbonyl (C=O) groups is 3. The maximum Gasteiger partial charge on any atom is 0.264 e. The summed E-state index contributed by atoms with van der Waals surface area (Å²) in [5.74, 6) is -1.19. The first-order chi connectivity index (χ1) is 18.5. The van der Waals surface area contributed by atoms with Gasteiger partial charge in [0, 0.05) is 26.1 Å². The number of halogens is 2. The number of benzene rings is 3. The Labute approximate surface area is 238 Å². The molecular weight excluding hydrogens is 610 g/mol. The van der Waals surface area contributed by atoms with Gasteiger partial charge < -0.3 is 10.1 Å². The van der Waals surface area contributed by atoms with Gasteiger partial charge in [0.1, 0.15) is 5.75 Å². The van der Waals surface area contributed by atoms with E-state index in [2.05, 4.69) is 21.2 Å². The van der Waals surface area contributed by atoms with E-state index in [4.69, 9.17) is 16.3 Å². The molecule has 1 heterocycles. The predicted octanol–water partition coefficient (Wildman–Crippen LogP) is 4.23. The Morgan fingerprint density at radius 3 is 2.28 bits per heavy atom. The van der Waals surface area contributed by atoms with Crippen LogP contribution in [0.1, 0.15) is 21.6 Å². The fourth-order valence-corrected chi connectivity index (χ4v) is 5.43. The van der Waals surface area contributed by atoms with Crippen LogP contribution in [0.3, 0.4) is 0 Å². The van der Waals surface area contributed by atoms with E-state index in [-0.39, 0.29) is 17.2 Å². The minimum absolute atomic E-state index is 0.0897. The molecular formula is C27H23BrClN3O6S. The maximum atomic E-state index is 13.4. The summed E-state index contributed by atoms with van der Waals surface area (Å²) in [4.78, 5) is 38.5. The van der Waals surface area contributed by atoms with Gasteiger partial charge in [-0.1, -0.05) is 27.5 Å². The third kappa shape index (κ3) is 6.32. The number of methoxy groups -OCH3 is 1. The van der Waals surface area contributed by atoms with Gasteiger partial charge in [-0.15, -0.1) is 0 Å². The van der Waals surface area contributed by atoms with Crippen molar-refractivity contribution in [3.63, 3.8) is 0 Å². The van der Waals surface area contributed by atoms with E-state index < -0.39 is 28.4 Å². The summed E-state index contributed by atoms with van der Waals surface area (Å²) < 4.78 is 34.3. The van der Waals surface area contributed by atoms with Crippen molar-refractivity contribution in [3.8, 4) is 5.75 Å². The Bertz CT molecular complexity index is 1680. The summed E-state index contributed by atoms with van der Waals surface area (Å²) in [6.45, 7) is 1.17. The van der Waals surface area contributed by atoms with Gasteiger partial charge in [0.15, 0.2) is 0 Å². The summed E-state index contributed by atoms with van der Waals surface area (Å²) in [7, 11) is -2.59. The van der Waals surface area contributed by atoms with Gasteiger partial charge in [-0.2, -0.15) is 0 Å². The molecule has 0 radical (unpaired) electrons. The number of rotatable bonds is 8. The molecule has 12 heteroatoms. The Morgan fingerprint density at radius 1 is 0.974 bits per heavy atom. The molecule has 0 saturated heterocycles. The first-order valence-corrected chi connectivity index (χ1v) is 14.2. The molecule has 0 atom stereocenters. The van der Waals surface area contributed by atoms with Gasteiger partial charge in [0.25, 0.3) is 21.8 Å². The number of nitrogens with one attached hydrogen (secondary N) is 2. The molecule has 0 fully saturated rings. The van der Waals surface area contributed by atoms with Gasteiger partial charge in [0.2, 0.25) is 5.91 Å². The van der Waals surface area contributed by atoms with Crippen LogP contribution in [0.2, 0.25) is 5.02 Å². The van der Waals surface area contributed by atoms with Crippen LogP contribution in [-0.2, 0) is 26.0 Å². The second-order valence-corrected chi connectivity index (χ2v) is 11.6. The standard InChI is InChI=1S/C27H23BrClN3O6S/c1-16-22(14-25(33)30-15-26(34)31-39(36,37)21-10-5-18(28)6-11-21)23-13-20(38-2)9-12-24(23)32(16)27(35)17-3-7-19(29)8-4-17/h3-13H,14-15H2,1-2H3,(H,30,33)(H,31,34). The molecule has 0 spiro atoms. The van der Waals surface area contributed by atoms with Gasteiger partial charge in [-0.05, 0) is 79.2 Å². The monoisotopic (exact) mass is 631 g/mol. The third-order valence-corrected chi connectivity index (χ3v) is 8.16. The lowest BCUT2D eigenvalue weighted by Gasteiger charge is -2.09. The zero-order valence-electron chi connectivity index (χ0n) is 20.8. The highest BCUT2D eigenvalue weighted by molar-refractivity contribution is 9.10. The molecule has 0 bridgehead atoms. The van der Waals surface area contributed by atoms with Crippen molar-refractivity contribution >= 4 is 66.2 Å². The molecule has 1 aromatic heterocycles. The Balaban J connectivity index is 1.54. The maximum absolute atomic E-state index is 13.4. The van der Waals surface area contributed by atoms with Crippen LogP contribution in [0, 0.1) is 6.92 Å². The average Bonchev–Trinajstić information content (AvgIpc) is 3.17. The fraction of sp³-hybridized carbons (Fsp3) is 0.148. The molecule has 0 aliphatic heterocycles. The van der Waals surface area contributed by atoms with Crippen LogP contribution < -0.4 is 14.8 Å². The fourth-order valence-electron chi connectivity index (χ4n) is 4.06. The van der Waals surface area contributed by atoms with Gasteiger partial charge in [-0.25, -0.2) is 13.1 Å². The molecule has 0 unspecified atom stereocenters. The van der Waals surface area contributed by atoms with Crippen molar-refractivity contribution < 1.29 is 27.5 Å². The number of nitrogens with zero attached hydrogens (tertiary/aromatic N) is 1. The molecule has 2 amide bonds. The largest absolute Gasteiger partial charge is 0.497 e. The van der Waals surface area contributed by atoms with Crippen molar-refractivity contribution in [1.82, 2.24) is 14.6 Å². The van der Waals surface area contributed by atoms with E-state index in [9.17, 15) is 22.8 Å². The molecule has 0 aliphatic carbocycles. The van der Waals surface area contributed by atoms with Crippen molar-refractivity contribution in [2.45, 2.75) is 18.2 Å². The summed E-state index contributed by atoms with van der Waals surface area (Å²) in [5.41, 5.74) is 2.09. The summed E-state index contributed by atoms with van der Waals surface area (Å²) in [5, 5.41) is 3.58. The quantitative estimate of drug-likeness (QED) is 0.300.